The number of aliphatic hydroxyl groups is 1. The molecule has 5 nitrogen and oxygen atoms in total. The van der Waals surface area contributed by atoms with E-state index in [1.807, 2.05) is 13.8 Å². The quantitative estimate of drug-likeness (QED) is 0.569. The summed E-state index contributed by atoms with van der Waals surface area (Å²) < 4.78 is 0. The fourth-order valence-electron chi connectivity index (χ4n) is 2.60. The lowest BCUT2D eigenvalue weighted by Crippen LogP contribution is -2.36. The molecular formula is C17H28N4O. The molecule has 4 N–H and O–H groups in total. The molecule has 0 aromatic heterocycles. The van der Waals surface area contributed by atoms with Crippen molar-refractivity contribution >= 4 is 5.96 Å². The van der Waals surface area contributed by atoms with Gasteiger partial charge in [-0.05, 0) is 37.8 Å². The van der Waals surface area contributed by atoms with E-state index >= 15 is 0 Å². The molecule has 1 aliphatic rings. The van der Waals surface area contributed by atoms with Gasteiger partial charge in [0.1, 0.15) is 0 Å². The number of aliphatic imine (C=N–C) groups is 1. The van der Waals surface area contributed by atoms with E-state index < -0.39 is 0 Å². The van der Waals surface area contributed by atoms with Crippen molar-refractivity contribution in [3.63, 3.8) is 0 Å². The summed E-state index contributed by atoms with van der Waals surface area (Å²) in [5, 5.41) is 12.6. The van der Waals surface area contributed by atoms with Crippen LogP contribution in [0.2, 0.25) is 0 Å². The van der Waals surface area contributed by atoms with Crippen molar-refractivity contribution in [2.45, 2.75) is 51.9 Å². The zero-order chi connectivity index (χ0) is 15.9. The number of nitrogens with two attached hydrogens (primary N) is 1. The van der Waals surface area contributed by atoms with Crippen LogP contribution in [0.1, 0.15) is 37.8 Å². The topological polar surface area (TPSA) is 73.9 Å². The highest BCUT2D eigenvalue weighted by Gasteiger charge is 2.16. The monoisotopic (exact) mass is 304 g/mol. The lowest BCUT2D eigenvalue weighted by Gasteiger charge is -2.29. The minimum absolute atomic E-state index is 0.110. The molecule has 22 heavy (non-hydrogen) atoms. The van der Waals surface area contributed by atoms with Crippen molar-refractivity contribution in [2.75, 3.05) is 13.1 Å². The smallest absolute Gasteiger partial charge is 0.189 e. The van der Waals surface area contributed by atoms with Crippen LogP contribution in [0.5, 0.6) is 0 Å². The molecule has 1 fully saturated rings. The first-order valence-electron chi connectivity index (χ1n) is 8.07. The molecule has 2 rings (SSSR count). The Morgan fingerprint density at radius 1 is 1.27 bits per heavy atom. The average molecular weight is 304 g/mol. The third-order valence-corrected chi connectivity index (χ3v) is 3.85. The van der Waals surface area contributed by atoms with Crippen molar-refractivity contribution < 1.29 is 5.11 Å². The van der Waals surface area contributed by atoms with Gasteiger partial charge in [-0.25, -0.2) is 4.99 Å². The third-order valence-electron chi connectivity index (χ3n) is 3.85. The second kappa shape index (κ2) is 8.15. The summed E-state index contributed by atoms with van der Waals surface area (Å²) in [6.45, 7) is 7.58. The Kier molecular flexibility index (Phi) is 6.21. The maximum absolute atomic E-state index is 9.53. The molecule has 1 aromatic carbocycles. The van der Waals surface area contributed by atoms with Gasteiger partial charge < -0.3 is 16.2 Å². The second-order valence-electron chi connectivity index (χ2n) is 6.32. The van der Waals surface area contributed by atoms with Gasteiger partial charge in [-0.2, -0.15) is 0 Å². The number of aliphatic hydroxyl groups excluding tert-OH is 1. The van der Waals surface area contributed by atoms with Gasteiger partial charge in [0.15, 0.2) is 5.96 Å². The van der Waals surface area contributed by atoms with E-state index in [2.05, 4.69) is 39.5 Å². The normalized spacial score (nSPS) is 17.9. The number of rotatable bonds is 5. The summed E-state index contributed by atoms with van der Waals surface area (Å²) >= 11 is 0. The Bertz CT molecular complexity index is 476. The van der Waals surface area contributed by atoms with Gasteiger partial charge in [-0.3, -0.25) is 4.90 Å². The molecule has 122 valence electrons. The van der Waals surface area contributed by atoms with E-state index in [0.29, 0.717) is 18.5 Å². The Morgan fingerprint density at radius 2 is 1.86 bits per heavy atom. The number of likely N-dealkylation sites (tertiary alicyclic amines) is 1. The van der Waals surface area contributed by atoms with E-state index in [9.17, 15) is 5.11 Å². The first-order chi connectivity index (χ1) is 10.5. The summed E-state index contributed by atoms with van der Waals surface area (Å²) in [6, 6.07) is 8.83. The lowest BCUT2D eigenvalue weighted by molar-refractivity contribution is 0.0792. The van der Waals surface area contributed by atoms with Crippen molar-refractivity contribution in [2.24, 2.45) is 10.7 Å². The zero-order valence-electron chi connectivity index (χ0n) is 13.6. The molecular weight excluding hydrogens is 276 g/mol. The van der Waals surface area contributed by atoms with Crippen LogP contribution in [0.25, 0.3) is 0 Å². The SMILES string of the molecule is CC(C)NC(N)=NCc1ccc(CN2CCC(O)CC2)cc1. The largest absolute Gasteiger partial charge is 0.393 e. The van der Waals surface area contributed by atoms with Crippen LogP contribution in [0.3, 0.4) is 0 Å². The molecule has 1 heterocycles. The molecule has 0 amide bonds. The highest BCUT2D eigenvalue weighted by Crippen LogP contribution is 2.14. The van der Waals surface area contributed by atoms with Crippen molar-refractivity contribution in [3.05, 3.63) is 35.4 Å². The maximum atomic E-state index is 9.53. The lowest BCUT2D eigenvalue weighted by atomic mass is 10.1. The van der Waals surface area contributed by atoms with Gasteiger partial charge in [-0.15, -0.1) is 0 Å². The number of nitrogens with zero attached hydrogens (tertiary/aromatic N) is 2. The summed E-state index contributed by atoms with van der Waals surface area (Å²) in [5.41, 5.74) is 8.26. The molecule has 0 aliphatic carbocycles. The van der Waals surface area contributed by atoms with Gasteiger partial charge >= 0.3 is 0 Å². The predicted octanol–water partition coefficient (Wildman–Crippen LogP) is 1.46. The molecule has 0 spiro atoms. The highest BCUT2D eigenvalue weighted by atomic mass is 16.3. The second-order valence-corrected chi connectivity index (χ2v) is 6.32. The highest BCUT2D eigenvalue weighted by molar-refractivity contribution is 5.78. The summed E-state index contributed by atoms with van der Waals surface area (Å²) in [6.07, 6.45) is 1.66. The third kappa shape index (κ3) is 5.66. The van der Waals surface area contributed by atoms with Crippen molar-refractivity contribution in [1.82, 2.24) is 10.2 Å². The first-order valence-corrected chi connectivity index (χ1v) is 8.07. The molecule has 1 saturated heterocycles. The van der Waals surface area contributed by atoms with E-state index in [0.717, 1.165) is 38.0 Å². The minimum Gasteiger partial charge on any atom is -0.393 e. The number of guanidine groups is 1. The van der Waals surface area contributed by atoms with Crippen LogP contribution in [0, 0.1) is 0 Å². The van der Waals surface area contributed by atoms with Crippen LogP contribution in [0.15, 0.2) is 29.3 Å². The number of piperidine rings is 1. The number of hydrogen-bond acceptors (Lipinski definition) is 3. The Labute approximate surface area is 133 Å². The molecule has 1 aromatic rings. The van der Waals surface area contributed by atoms with Crippen LogP contribution < -0.4 is 11.1 Å². The number of benzene rings is 1. The van der Waals surface area contributed by atoms with Crippen LogP contribution in [-0.2, 0) is 13.1 Å². The molecule has 0 radical (unpaired) electrons. The fourth-order valence-corrected chi connectivity index (χ4v) is 2.60. The molecule has 5 heteroatoms. The zero-order valence-corrected chi connectivity index (χ0v) is 13.6. The van der Waals surface area contributed by atoms with Crippen LogP contribution in [-0.4, -0.2) is 41.2 Å². The van der Waals surface area contributed by atoms with Gasteiger partial charge in [-0.1, -0.05) is 24.3 Å². The standard InChI is InChI=1S/C17H28N4O/c1-13(2)20-17(18)19-11-14-3-5-15(6-4-14)12-21-9-7-16(22)8-10-21/h3-6,13,16,22H,7-12H2,1-2H3,(H3,18,19,20). The van der Waals surface area contributed by atoms with Gasteiger partial charge in [0.25, 0.3) is 0 Å². The molecule has 0 saturated carbocycles. The van der Waals surface area contributed by atoms with Crippen molar-refractivity contribution in [1.29, 1.82) is 0 Å². The molecule has 0 unspecified atom stereocenters. The summed E-state index contributed by atoms with van der Waals surface area (Å²) in [4.78, 5) is 6.73. The Balaban J connectivity index is 1.82. The minimum atomic E-state index is -0.110. The van der Waals surface area contributed by atoms with Crippen LogP contribution in [0.4, 0.5) is 0 Å². The van der Waals surface area contributed by atoms with Gasteiger partial charge in [0.2, 0.25) is 0 Å². The van der Waals surface area contributed by atoms with E-state index in [-0.39, 0.29) is 6.10 Å². The van der Waals surface area contributed by atoms with Gasteiger partial charge in [0.05, 0.1) is 12.6 Å². The number of nitrogens with one attached hydrogen (secondary N) is 1. The fraction of sp³-hybridized carbons (Fsp3) is 0.588. The van der Waals surface area contributed by atoms with Gasteiger partial charge in [0, 0.05) is 25.7 Å². The van der Waals surface area contributed by atoms with E-state index in [4.69, 9.17) is 5.73 Å². The molecule has 0 bridgehead atoms. The summed E-state index contributed by atoms with van der Waals surface area (Å²) in [7, 11) is 0. The van der Waals surface area contributed by atoms with E-state index in [1.165, 1.54) is 5.56 Å². The van der Waals surface area contributed by atoms with Crippen LogP contribution >= 0.6 is 0 Å². The maximum Gasteiger partial charge on any atom is 0.189 e. The van der Waals surface area contributed by atoms with Crippen molar-refractivity contribution in [3.8, 4) is 0 Å². The first kappa shape index (κ1) is 16.8. The molecule has 0 atom stereocenters. The summed E-state index contributed by atoms with van der Waals surface area (Å²) in [5.74, 6) is 0.492. The Hall–Kier alpha value is -1.59. The average Bonchev–Trinajstić information content (AvgIpc) is 2.48. The molecule has 1 aliphatic heterocycles. The predicted molar refractivity (Wildman–Crippen MR) is 90.6 cm³/mol. The van der Waals surface area contributed by atoms with E-state index in [1.54, 1.807) is 0 Å². The number of hydrogen-bond donors (Lipinski definition) is 3. The Morgan fingerprint density at radius 3 is 2.45 bits per heavy atom.